The minimum atomic E-state index is 0.0552. The van der Waals surface area contributed by atoms with Gasteiger partial charge in [-0.25, -0.2) is 0 Å². The minimum absolute atomic E-state index is 0.0552. The van der Waals surface area contributed by atoms with Gasteiger partial charge >= 0.3 is 0 Å². The third kappa shape index (κ3) is 3.44. The number of likely N-dealkylation sites (tertiary alicyclic amines) is 1. The molecule has 20 heavy (non-hydrogen) atoms. The van der Waals surface area contributed by atoms with Gasteiger partial charge in [0.05, 0.1) is 0 Å². The molecule has 1 saturated carbocycles. The highest BCUT2D eigenvalue weighted by Gasteiger charge is 2.27. The number of rotatable bonds is 5. The maximum Gasteiger partial charge on any atom is 0.268 e. The molecule has 1 aromatic heterocycles. The van der Waals surface area contributed by atoms with E-state index in [0.717, 1.165) is 23.3 Å². The molecule has 1 aromatic rings. The largest absolute Gasteiger partial charge is 0.349 e. The molecule has 5 heteroatoms. The second-order valence-corrected chi connectivity index (χ2v) is 6.76. The Bertz CT molecular complexity index is 475. The van der Waals surface area contributed by atoms with Gasteiger partial charge in [-0.15, -0.1) is 0 Å². The fourth-order valence-corrected chi connectivity index (χ4v) is 3.32. The third-order valence-electron chi connectivity index (χ3n) is 4.15. The number of piperidine rings is 1. The molecule has 0 bridgehead atoms. The summed E-state index contributed by atoms with van der Waals surface area (Å²) >= 11 is 3.47. The average molecular weight is 340 g/mol. The summed E-state index contributed by atoms with van der Waals surface area (Å²) < 4.78 is 3.10. The van der Waals surface area contributed by atoms with Crippen molar-refractivity contribution in [2.24, 2.45) is 0 Å². The zero-order valence-electron chi connectivity index (χ0n) is 11.8. The Balaban J connectivity index is 1.51. The summed E-state index contributed by atoms with van der Waals surface area (Å²) in [6.45, 7) is 4.07. The van der Waals surface area contributed by atoms with Gasteiger partial charge in [-0.2, -0.15) is 0 Å². The second kappa shape index (κ2) is 6.31. The van der Waals surface area contributed by atoms with Crippen LogP contribution in [0.25, 0.3) is 0 Å². The molecule has 110 valence electrons. The Kier molecular flexibility index (Phi) is 4.46. The van der Waals surface area contributed by atoms with Gasteiger partial charge in [-0.05, 0) is 60.8 Å². The number of carbonyl (C=O) groups excluding carboxylic acids is 1. The van der Waals surface area contributed by atoms with Crippen LogP contribution in [0, 0.1) is 0 Å². The van der Waals surface area contributed by atoms with E-state index in [2.05, 4.69) is 30.7 Å². The van der Waals surface area contributed by atoms with Crippen LogP contribution < -0.4 is 5.32 Å². The summed E-state index contributed by atoms with van der Waals surface area (Å²) in [7, 11) is 0. The van der Waals surface area contributed by atoms with Crippen LogP contribution in [-0.4, -0.2) is 41.6 Å². The molecule has 0 aromatic carbocycles. The van der Waals surface area contributed by atoms with E-state index in [4.69, 9.17) is 0 Å². The van der Waals surface area contributed by atoms with Crippen molar-refractivity contribution < 1.29 is 4.79 Å². The van der Waals surface area contributed by atoms with Gasteiger partial charge in [0.15, 0.2) is 0 Å². The highest BCUT2D eigenvalue weighted by atomic mass is 79.9. The van der Waals surface area contributed by atoms with Crippen LogP contribution >= 0.6 is 15.9 Å². The van der Waals surface area contributed by atoms with Crippen molar-refractivity contribution in [3.05, 3.63) is 22.4 Å². The van der Waals surface area contributed by atoms with Crippen LogP contribution in [-0.2, 0) is 0 Å². The molecule has 2 fully saturated rings. The molecule has 4 nitrogen and oxygen atoms in total. The average Bonchev–Trinajstić information content (AvgIpc) is 3.22. The van der Waals surface area contributed by atoms with E-state index in [0.29, 0.717) is 6.04 Å². The first-order chi connectivity index (χ1) is 9.74. The maximum absolute atomic E-state index is 12.3. The number of hydrogen-bond acceptors (Lipinski definition) is 2. The Labute approximate surface area is 128 Å². The number of aromatic nitrogens is 1. The van der Waals surface area contributed by atoms with Gasteiger partial charge in [-0.3, -0.25) is 4.79 Å². The molecule has 0 atom stereocenters. The lowest BCUT2D eigenvalue weighted by Crippen LogP contribution is -2.38. The van der Waals surface area contributed by atoms with E-state index in [-0.39, 0.29) is 5.91 Å². The van der Waals surface area contributed by atoms with Gasteiger partial charge in [0.1, 0.15) is 5.69 Å². The number of amides is 1. The molecule has 2 aliphatic rings. The monoisotopic (exact) mass is 339 g/mol. The van der Waals surface area contributed by atoms with Gasteiger partial charge in [0, 0.05) is 29.8 Å². The summed E-state index contributed by atoms with van der Waals surface area (Å²) in [5, 5.41) is 3.06. The Morgan fingerprint density at radius 3 is 2.75 bits per heavy atom. The predicted molar refractivity (Wildman–Crippen MR) is 83.0 cm³/mol. The summed E-state index contributed by atoms with van der Waals surface area (Å²) in [4.78, 5) is 14.7. The van der Waals surface area contributed by atoms with E-state index < -0.39 is 0 Å². The third-order valence-corrected chi connectivity index (χ3v) is 4.58. The van der Waals surface area contributed by atoms with Crippen LogP contribution in [0.3, 0.4) is 0 Å². The van der Waals surface area contributed by atoms with Crippen molar-refractivity contribution in [1.82, 2.24) is 14.8 Å². The van der Waals surface area contributed by atoms with Crippen molar-refractivity contribution in [2.75, 3.05) is 26.2 Å². The van der Waals surface area contributed by atoms with E-state index >= 15 is 0 Å². The zero-order valence-corrected chi connectivity index (χ0v) is 13.4. The zero-order chi connectivity index (χ0) is 13.9. The number of carbonyl (C=O) groups is 1. The Morgan fingerprint density at radius 2 is 2.05 bits per heavy atom. The maximum atomic E-state index is 12.3. The molecular weight excluding hydrogens is 318 g/mol. The molecule has 2 heterocycles. The van der Waals surface area contributed by atoms with Crippen LogP contribution in [0.1, 0.15) is 48.6 Å². The number of hydrogen-bond donors (Lipinski definition) is 1. The summed E-state index contributed by atoms with van der Waals surface area (Å²) in [6, 6.07) is 2.46. The van der Waals surface area contributed by atoms with E-state index in [1.165, 1.54) is 45.2 Å². The predicted octanol–water partition coefficient (Wildman–Crippen LogP) is 2.80. The van der Waals surface area contributed by atoms with Gasteiger partial charge < -0.3 is 14.8 Å². The van der Waals surface area contributed by atoms with E-state index in [9.17, 15) is 4.79 Å². The Morgan fingerprint density at radius 1 is 1.30 bits per heavy atom. The normalized spacial score (nSPS) is 20.1. The highest BCUT2D eigenvalue weighted by Crippen LogP contribution is 2.37. The molecule has 3 rings (SSSR count). The number of nitrogens with zero attached hydrogens (tertiary/aromatic N) is 2. The highest BCUT2D eigenvalue weighted by molar-refractivity contribution is 9.10. The van der Waals surface area contributed by atoms with Crippen LogP contribution in [0.4, 0.5) is 0 Å². The van der Waals surface area contributed by atoms with E-state index in [1.807, 2.05) is 12.3 Å². The molecule has 0 unspecified atom stereocenters. The molecule has 0 spiro atoms. The minimum Gasteiger partial charge on any atom is -0.349 e. The molecule has 1 N–H and O–H groups in total. The first kappa shape index (κ1) is 14.1. The lowest BCUT2D eigenvalue weighted by atomic mass is 10.1. The summed E-state index contributed by atoms with van der Waals surface area (Å²) in [5.74, 6) is 0.0552. The first-order valence-corrected chi connectivity index (χ1v) is 8.41. The van der Waals surface area contributed by atoms with E-state index in [1.54, 1.807) is 0 Å². The molecule has 1 amide bonds. The van der Waals surface area contributed by atoms with Crippen molar-refractivity contribution in [3.63, 3.8) is 0 Å². The molecule has 1 aliphatic heterocycles. The smallest absolute Gasteiger partial charge is 0.268 e. The van der Waals surface area contributed by atoms with Gasteiger partial charge in [0.2, 0.25) is 0 Å². The topological polar surface area (TPSA) is 37.3 Å². The van der Waals surface area contributed by atoms with Crippen molar-refractivity contribution in [1.29, 1.82) is 0 Å². The molecule has 1 saturated heterocycles. The van der Waals surface area contributed by atoms with Gasteiger partial charge in [-0.1, -0.05) is 6.42 Å². The van der Waals surface area contributed by atoms with Gasteiger partial charge in [0.25, 0.3) is 5.91 Å². The standard InChI is InChI=1S/C15H22BrN3O/c16-12-10-14(19(11-12)13-4-5-13)15(20)17-6-9-18-7-2-1-3-8-18/h10-11,13H,1-9H2,(H,17,20). The quantitative estimate of drug-likeness (QED) is 0.895. The molecule has 1 aliphatic carbocycles. The van der Waals surface area contributed by atoms with Crippen molar-refractivity contribution >= 4 is 21.8 Å². The fourth-order valence-electron chi connectivity index (χ4n) is 2.88. The lowest BCUT2D eigenvalue weighted by Gasteiger charge is -2.26. The molecule has 0 radical (unpaired) electrons. The number of halogens is 1. The SMILES string of the molecule is O=C(NCCN1CCCCC1)c1cc(Br)cn1C1CC1. The lowest BCUT2D eigenvalue weighted by molar-refractivity contribution is 0.0937. The van der Waals surface area contributed by atoms with Crippen molar-refractivity contribution in [3.8, 4) is 0 Å². The fraction of sp³-hybridized carbons (Fsp3) is 0.667. The Hall–Kier alpha value is -0.810. The summed E-state index contributed by atoms with van der Waals surface area (Å²) in [6.07, 6.45) is 8.35. The number of nitrogens with one attached hydrogen (secondary N) is 1. The first-order valence-electron chi connectivity index (χ1n) is 7.62. The van der Waals surface area contributed by atoms with Crippen LogP contribution in [0.15, 0.2) is 16.7 Å². The van der Waals surface area contributed by atoms with Crippen LogP contribution in [0.2, 0.25) is 0 Å². The second-order valence-electron chi connectivity index (χ2n) is 5.84. The summed E-state index contributed by atoms with van der Waals surface area (Å²) in [5.41, 5.74) is 0.790. The van der Waals surface area contributed by atoms with Crippen LogP contribution in [0.5, 0.6) is 0 Å². The molecular formula is C15H22BrN3O. The van der Waals surface area contributed by atoms with Crippen molar-refractivity contribution in [2.45, 2.75) is 38.1 Å².